The van der Waals surface area contributed by atoms with Crippen LogP contribution in [-0.2, 0) is 16.4 Å². The van der Waals surface area contributed by atoms with Gasteiger partial charge >= 0.3 is 0 Å². The van der Waals surface area contributed by atoms with Crippen molar-refractivity contribution in [1.82, 2.24) is 10.2 Å². The van der Waals surface area contributed by atoms with Crippen molar-refractivity contribution >= 4 is 27.4 Å². The molecule has 0 bridgehead atoms. The highest BCUT2D eigenvalue weighted by atomic mass is 35.5. The summed E-state index contributed by atoms with van der Waals surface area (Å²) in [6.45, 7) is 3.59. The van der Waals surface area contributed by atoms with E-state index in [9.17, 15) is 8.42 Å². The lowest BCUT2D eigenvalue weighted by Gasteiger charge is -2.22. The molecule has 0 heterocycles. The zero-order valence-corrected chi connectivity index (χ0v) is 14.2. The minimum atomic E-state index is -3.00. The number of hydrogen-bond acceptors (Lipinski definition) is 3. The maximum absolute atomic E-state index is 11.2. The highest BCUT2D eigenvalue weighted by Gasteiger charge is 2.08. The van der Waals surface area contributed by atoms with Gasteiger partial charge in [-0.2, -0.15) is 0 Å². The highest BCUT2D eigenvalue weighted by Crippen LogP contribution is 2.12. The predicted octanol–water partition coefficient (Wildman–Crippen LogP) is 1.78. The molecule has 0 fully saturated rings. The van der Waals surface area contributed by atoms with E-state index < -0.39 is 9.84 Å². The molecule has 0 spiro atoms. The fourth-order valence-corrected chi connectivity index (χ4v) is 2.41. The summed E-state index contributed by atoms with van der Waals surface area (Å²) >= 11 is 5.97. The minimum Gasteiger partial charge on any atom is -0.357 e. The summed E-state index contributed by atoms with van der Waals surface area (Å²) in [6.07, 6.45) is 1.21. The second kappa shape index (κ2) is 8.24. The molecule has 1 rings (SSSR count). The van der Waals surface area contributed by atoms with Crippen LogP contribution in [0.3, 0.4) is 0 Å². The third-order valence-electron chi connectivity index (χ3n) is 2.73. The normalized spacial score (nSPS) is 12.3. The van der Waals surface area contributed by atoms with Crippen LogP contribution in [0.4, 0.5) is 0 Å². The molecule has 0 saturated carbocycles. The van der Waals surface area contributed by atoms with Gasteiger partial charge in [0, 0.05) is 31.4 Å². The maximum Gasteiger partial charge on any atom is 0.193 e. The molecule has 0 aromatic heterocycles. The molecule has 0 aliphatic heterocycles. The van der Waals surface area contributed by atoms with Crippen LogP contribution >= 0.6 is 11.6 Å². The van der Waals surface area contributed by atoms with Gasteiger partial charge < -0.3 is 10.2 Å². The number of benzene rings is 1. The van der Waals surface area contributed by atoms with Gasteiger partial charge in [0.25, 0.3) is 0 Å². The molecule has 21 heavy (non-hydrogen) atoms. The second-order valence-electron chi connectivity index (χ2n) is 4.85. The SMILES string of the molecule is CCNC(=NCCS(C)(=O)=O)N(C)Cc1cccc(Cl)c1. The molecule has 7 heteroatoms. The van der Waals surface area contributed by atoms with E-state index in [1.807, 2.05) is 43.1 Å². The number of rotatable bonds is 6. The van der Waals surface area contributed by atoms with Crippen LogP contribution in [0.2, 0.25) is 5.02 Å². The van der Waals surface area contributed by atoms with Crippen molar-refractivity contribution in [3.63, 3.8) is 0 Å². The van der Waals surface area contributed by atoms with Crippen LogP contribution in [-0.4, -0.2) is 51.4 Å². The number of sulfone groups is 1. The van der Waals surface area contributed by atoms with Crippen LogP contribution in [0.15, 0.2) is 29.3 Å². The maximum atomic E-state index is 11.2. The van der Waals surface area contributed by atoms with Crippen molar-refractivity contribution in [2.24, 2.45) is 4.99 Å². The fraction of sp³-hybridized carbons (Fsp3) is 0.500. The Hall–Kier alpha value is -1.27. The molecule has 0 aliphatic carbocycles. The van der Waals surface area contributed by atoms with Gasteiger partial charge in [0.1, 0.15) is 9.84 Å². The summed E-state index contributed by atoms with van der Waals surface area (Å²) in [4.78, 5) is 6.28. The minimum absolute atomic E-state index is 0.0485. The summed E-state index contributed by atoms with van der Waals surface area (Å²) in [6, 6.07) is 7.62. The monoisotopic (exact) mass is 331 g/mol. The number of hydrogen-bond donors (Lipinski definition) is 1. The Balaban J connectivity index is 2.72. The first-order chi connectivity index (χ1) is 9.81. The molecule has 0 unspecified atom stereocenters. The second-order valence-corrected chi connectivity index (χ2v) is 7.55. The summed E-state index contributed by atoms with van der Waals surface area (Å²) in [5, 5.41) is 3.85. The van der Waals surface area contributed by atoms with Crippen LogP contribution in [0.25, 0.3) is 0 Å². The molecule has 0 saturated heterocycles. The molecule has 0 amide bonds. The van der Waals surface area contributed by atoms with Crippen LogP contribution in [0, 0.1) is 0 Å². The van der Waals surface area contributed by atoms with Crippen molar-refractivity contribution in [2.75, 3.05) is 32.1 Å². The van der Waals surface area contributed by atoms with Crippen molar-refractivity contribution in [3.8, 4) is 0 Å². The topological polar surface area (TPSA) is 61.8 Å². The van der Waals surface area contributed by atoms with Crippen molar-refractivity contribution in [3.05, 3.63) is 34.9 Å². The van der Waals surface area contributed by atoms with Gasteiger partial charge in [0.15, 0.2) is 5.96 Å². The summed E-state index contributed by atoms with van der Waals surface area (Å²) in [5.74, 6) is 0.730. The first kappa shape index (κ1) is 17.8. The third-order valence-corrected chi connectivity index (χ3v) is 3.89. The van der Waals surface area contributed by atoms with Gasteiger partial charge in [0.05, 0.1) is 12.3 Å². The number of halogens is 1. The number of nitrogens with zero attached hydrogens (tertiary/aromatic N) is 2. The first-order valence-electron chi connectivity index (χ1n) is 6.73. The Labute approximate surface area is 131 Å². The van der Waals surface area contributed by atoms with Gasteiger partial charge in [-0.15, -0.1) is 0 Å². The fourth-order valence-electron chi connectivity index (χ4n) is 1.77. The molecular formula is C14H22ClN3O2S. The van der Waals surface area contributed by atoms with E-state index in [4.69, 9.17) is 11.6 Å². The number of nitrogens with one attached hydrogen (secondary N) is 1. The third kappa shape index (κ3) is 7.34. The summed E-state index contributed by atoms with van der Waals surface area (Å²) in [7, 11) is -1.09. The Morgan fingerprint density at radius 1 is 1.43 bits per heavy atom. The summed E-state index contributed by atoms with van der Waals surface area (Å²) in [5.41, 5.74) is 1.07. The van der Waals surface area contributed by atoms with Gasteiger partial charge in [-0.3, -0.25) is 4.99 Å². The van der Waals surface area contributed by atoms with Crippen LogP contribution in [0.1, 0.15) is 12.5 Å². The van der Waals surface area contributed by atoms with Gasteiger partial charge in [-0.25, -0.2) is 8.42 Å². The van der Waals surface area contributed by atoms with Crippen molar-refractivity contribution in [2.45, 2.75) is 13.5 Å². The van der Waals surface area contributed by atoms with E-state index in [0.717, 1.165) is 12.1 Å². The molecule has 0 atom stereocenters. The molecule has 1 N–H and O–H groups in total. The molecule has 5 nitrogen and oxygen atoms in total. The Morgan fingerprint density at radius 2 is 2.14 bits per heavy atom. The zero-order chi connectivity index (χ0) is 15.9. The van der Waals surface area contributed by atoms with E-state index in [1.165, 1.54) is 6.26 Å². The molecule has 118 valence electrons. The van der Waals surface area contributed by atoms with E-state index in [0.29, 0.717) is 17.5 Å². The lowest BCUT2D eigenvalue weighted by Crippen LogP contribution is -2.38. The lowest BCUT2D eigenvalue weighted by atomic mass is 10.2. The smallest absolute Gasteiger partial charge is 0.193 e. The molecule has 0 radical (unpaired) electrons. The molecular weight excluding hydrogens is 310 g/mol. The zero-order valence-electron chi connectivity index (χ0n) is 12.6. The average Bonchev–Trinajstić information content (AvgIpc) is 2.36. The average molecular weight is 332 g/mol. The first-order valence-corrected chi connectivity index (χ1v) is 9.17. The molecule has 1 aromatic rings. The van der Waals surface area contributed by atoms with Crippen molar-refractivity contribution in [1.29, 1.82) is 0 Å². The van der Waals surface area contributed by atoms with Gasteiger partial charge in [-0.1, -0.05) is 23.7 Å². The van der Waals surface area contributed by atoms with E-state index >= 15 is 0 Å². The van der Waals surface area contributed by atoms with E-state index in [-0.39, 0.29) is 12.3 Å². The van der Waals surface area contributed by atoms with Gasteiger partial charge in [-0.05, 0) is 24.6 Å². The Bertz CT molecular complexity index is 588. The van der Waals surface area contributed by atoms with Gasteiger partial charge in [0.2, 0.25) is 0 Å². The van der Waals surface area contributed by atoms with Crippen LogP contribution < -0.4 is 5.32 Å². The lowest BCUT2D eigenvalue weighted by molar-refractivity contribution is 0.477. The standard InChI is InChI=1S/C14H22ClN3O2S/c1-4-16-14(17-8-9-21(3,19)20)18(2)11-12-6-5-7-13(15)10-12/h5-7,10H,4,8-9,11H2,1-3H3,(H,16,17). The Kier molecular flexibility index (Phi) is 6.98. The number of guanidine groups is 1. The van der Waals surface area contributed by atoms with E-state index in [1.54, 1.807) is 0 Å². The van der Waals surface area contributed by atoms with E-state index in [2.05, 4.69) is 10.3 Å². The Morgan fingerprint density at radius 3 is 2.71 bits per heavy atom. The molecule has 1 aromatic carbocycles. The van der Waals surface area contributed by atoms with Crippen molar-refractivity contribution < 1.29 is 8.42 Å². The molecule has 0 aliphatic rings. The van der Waals surface area contributed by atoms with Crippen LogP contribution in [0.5, 0.6) is 0 Å². The summed E-state index contributed by atoms with van der Waals surface area (Å²) < 4.78 is 22.3. The quantitative estimate of drug-likeness (QED) is 0.637. The predicted molar refractivity (Wildman–Crippen MR) is 88.6 cm³/mol. The number of aliphatic imine (C=N–C) groups is 1. The largest absolute Gasteiger partial charge is 0.357 e. The highest BCUT2D eigenvalue weighted by molar-refractivity contribution is 7.90.